The smallest absolute Gasteiger partial charge is 0.0689 e. The summed E-state index contributed by atoms with van der Waals surface area (Å²) in [6.45, 7) is 2.76. The standard InChI is InChI=1S/C13H15Cl2N/c1-3-6-11(4-2)16-9-10-7-5-8-12(14)13(10)15/h2,5,7-8,11,16H,3,6,9H2,1H3. The molecule has 0 amide bonds. The van der Waals surface area contributed by atoms with Crippen LogP contribution in [0.25, 0.3) is 0 Å². The van der Waals surface area contributed by atoms with Crippen molar-refractivity contribution >= 4 is 23.2 Å². The summed E-state index contributed by atoms with van der Waals surface area (Å²) < 4.78 is 0. The monoisotopic (exact) mass is 255 g/mol. The summed E-state index contributed by atoms with van der Waals surface area (Å²) in [5, 5.41) is 4.45. The van der Waals surface area contributed by atoms with Gasteiger partial charge in [-0.15, -0.1) is 6.42 Å². The van der Waals surface area contributed by atoms with Crippen molar-refractivity contribution in [1.29, 1.82) is 0 Å². The normalized spacial score (nSPS) is 12.1. The summed E-state index contributed by atoms with van der Waals surface area (Å²) >= 11 is 12.0. The Hall–Kier alpha value is -0.680. The van der Waals surface area contributed by atoms with Gasteiger partial charge in [0.15, 0.2) is 0 Å². The molecule has 1 N–H and O–H groups in total. The van der Waals surface area contributed by atoms with Gasteiger partial charge >= 0.3 is 0 Å². The molecule has 0 saturated heterocycles. The SMILES string of the molecule is C#CC(CCC)NCc1cccc(Cl)c1Cl. The van der Waals surface area contributed by atoms with Crippen molar-refractivity contribution in [2.75, 3.05) is 0 Å². The second-order valence-corrected chi connectivity index (χ2v) is 4.39. The Morgan fingerprint density at radius 2 is 2.19 bits per heavy atom. The third kappa shape index (κ3) is 3.72. The van der Waals surface area contributed by atoms with E-state index in [4.69, 9.17) is 29.6 Å². The lowest BCUT2D eigenvalue weighted by Crippen LogP contribution is -2.26. The van der Waals surface area contributed by atoms with Crippen LogP contribution in [-0.2, 0) is 6.54 Å². The van der Waals surface area contributed by atoms with E-state index in [0.29, 0.717) is 16.6 Å². The third-order valence-corrected chi connectivity index (χ3v) is 3.21. The average molecular weight is 256 g/mol. The minimum atomic E-state index is 0.0973. The highest BCUT2D eigenvalue weighted by Gasteiger charge is 2.06. The van der Waals surface area contributed by atoms with E-state index in [1.807, 2.05) is 12.1 Å². The number of rotatable bonds is 5. The Morgan fingerprint density at radius 3 is 2.81 bits per heavy atom. The molecule has 1 nitrogen and oxygen atoms in total. The fraction of sp³-hybridized carbons (Fsp3) is 0.385. The number of nitrogens with one attached hydrogen (secondary N) is 1. The molecule has 1 rings (SSSR count). The van der Waals surface area contributed by atoms with Gasteiger partial charge in [0.1, 0.15) is 0 Å². The predicted molar refractivity (Wildman–Crippen MR) is 70.8 cm³/mol. The van der Waals surface area contributed by atoms with Crippen molar-refractivity contribution in [2.45, 2.75) is 32.4 Å². The summed E-state index contributed by atoms with van der Waals surface area (Å²) in [6, 6.07) is 5.70. The quantitative estimate of drug-likeness (QED) is 0.788. The number of benzene rings is 1. The largest absolute Gasteiger partial charge is 0.300 e. The van der Waals surface area contributed by atoms with E-state index in [9.17, 15) is 0 Å². The van der Waals surface area contributed by atoms with E-state index in [2.05, 4.69) is 18.2 Å². The molecule has 0 aliphatic heterocycles. The molecule has 1 aromatic carbocycles. The van der Waals surface area contributed by atoms with E-state index in [1.54, 1.807) is 6.07 Å². The highest BCUT2D eigenvalue weighted by Crippen LogP contribution is 2.25. The minimum Gasteiger partial charge on any atom is -0.300 e. The number of halogens is 2. The minimum absolute atomic E-state index is 0.0973. The molecular formula is C13H15Cl2N. The van der Waals surface area contributed by atoms with Crippen LogP contribution in [0.1, 0.15) is 25.3 Å². The van der Waals surface area contributed by atoms with Crippen molar-refractivity contribution in [3.8, 4) is 12.3 Å². The molecule has 0 aromatic heterocycles. The van der Waals surface area contributed by atoms with Crippen LogP contribution in [0.5, 0.6) is 0 Å². The first-order chi connectivity index (χ1) is 7.69. The molecule has 1 atom stereocenters. The van der Waals surface area contributed by atoms with Gasteiger partial charge < -0.3 is 0 Å². The van der Waals surface area contributed by atoms with Crippen LogP contribution >= 0.6 is 23.2 Å². The molecule has 16 heavy (non-hydrogen) atoms. The molecular weight excluding hydrogens is 241 g/mol. The van der Waals surface area contributed by atoms with Crippen molar-refractivity contribution in [3.63, 3.8) is 0 Å². The second-order valence-electron chi connectivity index (χ2n) is 3.60. The number of hydrogen-bond donors (Lipinski definition) is 1. The van der Waals surface area contributed by atoms with Gasteiger partial charge in [-0.2, -0.15) is 0 Å². The van der Waals surface area contributed by atoms with Crippen LogP contribution in [0.2, 0.25) is 10.0 Å². The summed E-state index contributed by atoms with van der Waals surface area (Å²) in [6.07, 6.45) is 7.45. The Labute approximate surface area is 107 Å². The molecule has 0 aliphatic rings. The lowest BCUT2D eigenvalue weighted by atomic mass is 10.1. The Bertz CT molecular complexity index is 382. The Kier molecular flexibility index (Phi) is 5.69. The summed E-state index contributed by atoms with van der Waals surface area (Å²) in [4.78, 5) is 0. The highest BCUT2D eigenvalue weighted by atomic mass is 35.5. The van der Waals surface area contributed by atoms with E-state index >= 15 is 0 Å². The third-order valence-electron chi connectivity index (χ3n) is 2.35. The zero-order chi connectivity index (χ0) is 12.0. The molecule has 1 unspecified atom stereocenters. The molecule has 0 bridgehead atoms. The topological polar surface area (TPSA) is 12.0 Å². The molecule has 0 saturated carbocycles. The van der Waals surface area contributed by atoms with Crippen molar-refractivity contribution < 1.29 is 0 Å². The number of terminal acetylenes is 1. The van der Waals surface area contributed by atoms with Crippen LogP contribution in [-0.4, -0.2) is 6.04 Å². The summed E-state index contributed by atoms with van der Waals surface area (Å²) in [5.74, 6) is 2.72. The first kappa shape index (κ1) is 13.4. The van der Waals surface area contributed by atoms with Crippen LogP contribution in [0.3, 0.4) is 0 Å². The van der Waals surface area contributed by atoms with E-state index < -0.39 is 0 Å². The molecule has 1 aromatic rings. The van der Waals surface area contributed by atoms with E-state index in [-0.39, 0.29) is 6.04 Å². The first-order valence-electron chi connectivity index (χ1n) is 5.31. The van der Waals surface area contributed by atoms with Gasteiger partial charge in [0.05, 0.1) is 16.1 Å². The second kappa shape index (κ2) is 6.81. The molecule has 86 valence electrons. The molecule has 0 radical (unpaired) electrons. The Balaban J connectivity index is 2.61. The van der Waals surface area contributed by atoms with Gasteiger partial charge in [-0.25, -0.2) is 0 Å². The number of hydrogen-bond acceptors (Lipinski definition) is 1. The van der Waals surface area contributed by atoms with Crippen molar-refractivity contribution in [3.05, 3.63) is 33.8 Å². The van der Waals surface area contributed by atoms with Gasteiger partial charge in [0.25, 0.3) is 0 Å². The highest BCUT2D eigenvalue weighted by molar-refractivity contribution is 6.42. The summed E-state index contributed by atoms with van der Waals surface area (Å²) in [7, 11) is 0. The predicted octanol–water partition coefficient (Wildman–Crippen LogP) is 3.88. The maximum atomic E-state index is 6.07. The fourth-order valence-electron chi connectivity index (χ4n) is 1.45. The first-order valence-corrected chi connectivity index (χ1v) is 6.07. The summed E-state index contributed by atoms with van der Waals surface area (Å²) in [5.41, 5.74) is 0.977. The maximum absolute atomic E-state index is 6.07. The lowest BCUT2D eigenvalue weighted by Gasteiger charge is -2.13. The lowest BCUT2D eigenvalue weighted by molar-refractivity contribution is 0.563. The van der Waals surface area contributed by atoms with Crippen LogP contribution < -0.4 is 5.32 Å². The fourth-order valence-corrected chi connectivity index (χ4v) is 1.84. The van der Waals surface area contributed by atoms with Gasteiger partial charge in [-0.1, -0.05) is 54.6 Å². The van der Waals surface area contributed by atoms with Crippen LogP contribution in [0.4, 0.5) is 0 Å². The van der Waals surface area contributed by atoms with Gasteiger partial charge in [0.2, 0.25) is 0 Å². The Morgan fingerprint density at radius 1 is 1.44 bits per heavy atom. The molecule has 0 fully saturated rings. The van der Waals surface area contributed by atoms with Crippen LogP contribution in [0.15, 0.2) is 18.2 Å². The molecule has 0 spiro atoms. The van der Waals surface area contributed by atoms with Crippen LogP contribution in [0, 0.1) is 12.3 Å². The molecule has 0 aliphatic carbocycles. The van der Waals surface area contributed by atoms with Crippen molar-refractivity contribution in [2.24, 2.45) is 0 Å². The molecule has 3 heteroatoms. The van der Waals surface area contributed by atoms with Crippen molar-refractivity contribution in [1.82, 2.24) is 5.32 Å². The van der Waals surface area contributed by atoms with E-state index in [0.717, 1.165) is 18.4 Å². The average Bonchev–Trinajstić information content (AvgIpc) is 2.29. The van der Waals surface area contributed by atoms with E-state index in [1.165, 1.54) is 0 Å². The van der Waals surface area contributed by atoms with Gasteiger partial charge in [-0.05, 0) is 18.1 Å². The molecule has 0 heterocycles. The maximum Gasteiger partial charge on any atom is 0.0689 e. The van der Waals surface area contributed by atoms with Gasteiger partial charge in [-0.3, -0.25) is 5.32 Å². The zero-order valence-electron chi connectivity index (χ0n) is 9.26. The zero-order valence-corrected chi connectivity index (χ0v) is 10.8. The van der Waals surface area contributed by atoms with Gasteiger partial charge in [0, 0.05) is 6.54 Å².